The molecule has 1 aliphatic rings. The van der Waals surface area contributed by atoms with Crippen molar-refractivity contribution >= 4 is 28.6 Å². The monoisotopic (exact) mass is 374 g/mol. The predicted molar refractivity (Wildman–Crippen MR) is 98.6 cm³/mol. The number of fused-ring (bicyclic) bond motifs is 1. The maximum absolute atomic E-state index is 13.5. The summed E-state index contributed by atoms with van der Waals surface area (Å²) in [5, 5.41) is 0.643. The molecule has 0 unspecified atom stereocenters. The minimum atomic E-state index is -0.706. The molecule has 3 amide bonds. The van der Waals surface area contributed by atoms with Crippen molar-refractivity contribution in [2.24, 2.45) is 7.05 Å². The molecule has 144 valence electrons. The van der Waals surface area contributed by atoms with Crippen LogP contribution >= 0.6 is 0 Å². The van der Waals surface area contributed by atoms with Gasteiger partial charge in [-0.2, -0.15) is 0 Å². The Kier molecular flexibility index (Phi) is 4.91. The quantitative estimate of drug-likeness (QED) is 0.790. The zero-order chi connectivity index (χ0) is 19.9. The number of halogens is 1. The molecule has 1 aliphatic heterocycles. The van der Waals surface area contributed by atoms with Crippen molar-refractivity contribution in [2.45, 2.75) is 13.0 Å². The van der Waals surface area contributed by atoms with E-state index >= 15 is 0 Å². The molecule has 7 nitrogen and oxygen atoms in total. The highest BCUT2D eigenvalue weighted by Gasteiger charge is 2.37. The summed E-state index contributed by atoms with van der Waals surface area (Å²) in [6, 6.07) is 5.32. The first-order valence-electron chi connectivity index (χ1n) is 8.73. The van der Waals surface area contributed by atoms with Gasteiger partial charge in [0.05, 0.1) is 6.54 Å². The van der Waals surface area contributed by atoms with Crippen molar-refractivity contribution in [2.75, 3.05) is 33.7 Å². The largest absolute Gasteiger partial charge is 0.347 e. The molecular formula is C19H23FN4O3. The zero-order valence-corrected chi connectivity index (χ0v) is 15.9. The average Bonchev–Trinajstić information content (AvgIpc) is 2.95. The van der Waals surface area contributed by atoms with Crippen LogP contribution in [0.25, 0.3) is 10.9 Å². The molecule has 1 fully saturated rings. The zero-order valence-electron chi connectivity index (χ0n) is 15.9. The fourth-order valence-electron chi connectivity index (χ4n) is 3.54. The van der Waals surface area contributed by atoms with Crippen LogP contribution in [0.15, 0.2) is 24.3 Å². The van der Waals surface area contributed by atoms with Crippen LogP contribution in [-0.2, 0) is 16.6 Å². The lowest BCUT2D eigenvalue weighted by Gasteiger charge is -2.41. The maximum Gasteiger partial charge on any atom is 0.270 e. The number of likely N-dealkylation sites (N-methyl/N-ethyl adjacent to an activating group) is 1. The second-order valence-corrected chi connectivity index (χ2v) is 7.00. The molecule has 1 saturated heterocycles. The SMILES string of the molecule is CC(=O)N1CCN(C(=O)c2cc3cc(F)ccc3n2C)C[C@@H]1C(=O)N(C)C. The van der Waals surface area contributed by atoms with Crippen molar-refractivity contribution in [3.63, 3.8) is 0 Å². The van der Waals surface area contributed by atoms with Gasteiger partial charge in [-0.25, -0.2) is 4.39 Å². The van der Waals surface area contributed by atoms with Gasteiger partial charge in [0, 0.05) is 52.1 Å². The molecule has 0 spiro atoms. The van der Waals surface area contributed by atoms with Gasteiger partial charge in [-0.15, -0.1) is 0 Å². The predicted octanol–water partition coefficient (Wildman–Crippen LogP) is 1.08. The summed E-state index contributed by atoms with van der Waals surface area (Å²) < 4.78 is 15.2. The Hall–Kier alpha value is -2.90. The van der Waals surface area contributed by atoms with Crippen molar-refractivity contribution in [3.8, 4) is 0 Å². The molecule has 0 saturated carbocycles. The van der Waals surface area contributed by atoms with E-state index in [-0.39, 0.29) is 30.1 Å². The van der Waals surface area contributed by atoms with Crippen LogP contribution in [0, 0.1) is 5.82 Å². The molecule has 3 rings (SSSR count). The van der Waals surface area contributed by atoms with Crippen LogP contribution in [-0.4, -0.2) is 76.8 Å². The fourth-order valence-corrected chi connectivity index (χ4v) is 3.54. The van der Waals surface area contributed by atoms with Gasteiger partial charge in [-0.05, 0) is 24.3 Å². The number of piperazine rings is 1. The number of hydrogen-bond donors (Lipinski definition) is 0. The van der Waals surface area contributed by atoms with Gasteiger partial charge in [-0.1, -0.05) is 0 Å². The van der Waals surface area contributed by atoms with Crippen molar-refractivity contribution in [1.82, 2.24) is 19.3 Å². The molecule has 1 aromatic heterocycles. The number of amides is 3. The number of aromatic nitrogens is 1. The first-order valence-corrected chi connectivity index (χ1v) is 8.73. The molecule has 0 radical (unpaired) electrons. The Morgan fingerprint density at radius 2 is 1.85 bits per heavy atom. The summed E-state index contributed by atoms with van der Waals surface area (Å²) in [6.45, 7) is 2.19. The second-order valence-electron chi connectivity index (χ2n) is 7.00. The summed E-state index contributed by atoms with van der Waals surface area (Å²) >= 11 is 0. The molecule has 2 heterocycles. The minimum Gasteiger partial charge on any atom is -0.347 e. The Labute approximate surface area is 156 Å². The van der Waals surface area contributed by atoms with Crippen LogP contribution in [0.4, 0.5) is 4.39 Å². The molecule has 8 heteroatoms. The van der Waals surface area contributed by atoms with Crippen molar-refractivity contribution < 1.29 is 18.8 Å². The second kappa shape index (κ2) is 7.02. The molecule has 2 aromatic rings. The van der Waals surface area contributed by atoms with Crippen molar-refractivity contribution in [3.05, 3.63) is 35.8 Å². The van der Waals surface area contributed by atoms with Gasteiger partial charge in [0.1, 0.15) is 17.6 Å². The van der Waals surface area contributed by atoms with Gasteiger partial charge in [0.2, 0.25) is 11.8 Å². The summed E-state index contributed by atoms with van der Waals surface area (Å²) in [5.74, 6) is -1.02. The molecule has 27 heavy (non-hydrogen) atoms. The Morgan fingerprint density at radius 1 is 1.15 bits per heavy atom. The van der Waals surface area contributed by atoms with Crippen LogP contribution in [0.2, 0.25) is 0 Å². The van der Waals surface area contributed by atoms with E-state index in [0.29, 0.717) is 24.2 Å². The van der Waals surface area contributed by atoms with Gasteiger partial charge in [0.15, 0.2) is 0 Å². The molecule has 0 bridgehead atoms. The third-order valence-electron chi connectivity index (χ3n) is 5.02. The van der Waals surface area contributed by atoms with Crippen LogP contribution in [0.5, 0.6) is 0 Å². The minimum absolute atomic E-state index is 0.130. The maximum atomic E-state index is 13.5. The standard InChI is InChI=1S/C19H23FN4O3/c1-12(25)24-8-7-23(11-17(24)18(26)21(2)3)19(27)16-10-13-9-14(20)5-6-15(13)22(16)4/h5-6,9-10,17H,7-8,11H2,1-4H3/t17-/m1/s1. The average molecular weight is 374 g/mol. The van der Waals surface area contributed by atoms with E-state index in [1.807, 2.05) is 0 Å². The third kappa shape index (κ3) is 3.39. The topological polar surface area (TPSA) is 65.9 Å². The lowest BCUT2D eigenvalue weighted by atomic mass is 10.1. The third-order valence-corrected chi connectivity index (χ3v) is 5.02. The fraction of sp³-hybridized carbons (Fsp3) is 0.421. The molecule has 0 N–H and O–H groups in total. The van der Waals surface area contributed by atoms with Gasteiger partial charge >= 0.3 is 0 Å². The lowest BCUT2D eigenvalue weighted by Crippen LogP contribution is -2.61. The Balaban J connectivity index is 1.90. The number of carbonyl (C=O) groups excluding carboxylic acids is 3. The van der Waals surface area contributed by atoms with E-state index in [9.17, 15) is 18.8 Å². The highest BCUT2D eigenvalue weighted by molar-refractivity contribution is 5.99. The number of aryl methyl sites for hydroxylation is 1. The highest BCUT2D eigenvalue weighted by Crippen LogP contribution is 2.22. The van der Waals surface area contributed by atoms with E-state index in [1.165, 1.54) is 28.9 Å². The normalized spacial score (nSPS) is 17.3. The number of benzene rings is 1. The lowest BCUT2D eigenvalue weighted by molar-refractivity contribution is -0.146. The van der Waals surface area contributed by atoms with E-state index in [0.717, 1.165) is 5.52 Å². The highest BCUT2D eigenvalue weighted by atomic mass is 19.1. The van der Waals surface area contributed by atoms with E-state index in [4.69, 9.17) is 0 Å². The van der Waals surface area contributed by atoms with Crippen molar-refractivity contribution in [1.29, 1.82) is 0 Å². The summed E-state index contributed by atoms with van der Waals surface area (Å²) in [7, 11) is 5.00. The number of rotatable bonds is 2. The van der Waals surface area contributed by atoms with E-state index in [1.54, 1.807) is 42.7 Å². The first kappa shape index (κ1) is 18.9. The van der Waals surface area contributed by atoms with Gasteiger partial charge in [0.25, 0.3) is 5.91 Å². The first-order chi connectivity index (χ1) is 12.7. The number of carbonyl (C=O) groups is 3. The number of nitrogens with zero attached hydrogens (tertiary/aromatic N) is 4. The summed E-state index contributed by atoms with van der Waals surface area (Å²) in [6.07, 6.45) is 0. The van der Waals surface area contributed by atoms with Crippen LogP contribution < -0.4 is 0 Å². The molecule has 1 aromatic carbocycles. The molecule has 1 atom stereocenters. The Bertz CT molecular complexity index is 921. The number of hydrogen-bond acceptors (Lipinski definition) is 3. The summed E-state index contributed by atoms with van der Waals surface area (Å²) in [5.41, 5.74) is 1.17. The van der Waals surface area contributed by atoms with E-state index in [2.05, 4.69) is 0 Å². The summed E-state index contributed by atoms with van der Waals surface area (Å²) in [4.78, 5) is 42.0. The van der Waals surface area contributed by atoms with E-state index < -0.39 is 6.04 Å². The van der Waals surface area contributed by atoms with Gasteiger partial charge in [-0.3, -0.25) is 14.4 Å². The Morgan fingerprint density at radius 3 is 2.48 bits per heavy atom. The van der Waals surface area contributed by atoms with Crippen LogP contribution in [0.3, 0.4) is 0 Å². The van der Waals surface area contributed by atoms with Gasteiger partial charge < -0.3 is 19.3 Å². The molecule has 0 aliphatic carbocycles. The smallest absolute Gasteiger partial charge is 0.270 e. The van der Waals surface area contributed by atoms with Crippen LogP contribution in [0.1, 0.15) is 17.4 Å². The molecular weight excluding hydrogens is 351 g/mol.